The fourth-order valence-electron chi connectivity index (χ4n) is 3.37. The molecule has 0 aromatic carbocycles. The highest BCUT2D eigenvalue weighted by atomic mass is 16.5. The van der Waals surface area contributed by atoms with E-state index in [1.54, 1.807) is 6.92 Å². The van der Waals surface area contributed by atoms with Crippen LogP contribution in [0.5, 0.6) is 0 Å². The number of carbonyl (C=O) groups excluding carboxylic acids is 1. The third-order valence-corrected chi connectivity index (χ3v) is 5.38. The number of hydrogen-bond acceptors (Lipinski definition) is 2. The van der Waals surface area contributed by atoms with Crippen molar-refractivity contribution < 1.29 is 9.53 Å². The zero-order valence-corrected chi connectivity index (χ0v) is 18.3. The van der Waals surface area contributed by atoms with Crippen LogP contribution in [0, 0.1) is 11.8 Å². The summed E-state index contributed by atoms with van der Waals surface area (Å²) in [4.78, 5) is 11.2. The molecule has 0 N–H and O–H groups in total. The van der Waals surface area contributed by atoms with Crippen molar-refractivity contribution in [1.82, 2.24) is 0 Å². The van der Waals surface area contributed by atoms with Gasteiger partial charge in [-0.3, -0.25) is 0 Å². The molecule has 0 aromatic rings. The number of unbranched alkanes of at least 4 members (excludes halogenated alkanes) is 8. The van der Waals surface area contributed by atoms with Crippen LogP contribution in [0.2, 0.25) is 0 Å². The number of rotatable bonds is 18. The second kappa shape index (κ2) is 17.6. The van der Waals surface area contributed by atoms with Gasteiger partial charge >= 0.3 is 5.97 Å². The lowest BCUT2D eigenvalue weighted by Crippen LogP contribution is -2.06. The molecule has 0 aliphatic rings. The van der Waals surface area contributed by atoms with Crippen LogP contribution in [0.25, 0.3) is 0 Å². The molecular weight excluding hydrogens is 320 g/mol. The molecule has 0 saturated heterocycles. The molecular formula is C24H46O2. The van der Waals surface area contributed by atoms with Gasteiger partial charge in [-0.1, -0.05) is 111 Å². The van der Waals surface area contributed by atoms with Crippen LogP contribution < -0.4 is 0 Å². The van der Waals surface area contributed by atoms with Crippen molar-refractivity contribution in [1.29, 1.82) is 0 Å². The minimum Gasteiger partial charge on any atom is -0.462 e. The summed E-state index contributed by atoms with van der Waals surface area (Å²) in [6, 6.07) is 0. The second-order valence-electron chi connectivity index (χ2n) is 8.46. The largest absolute Gasteiger partial charge is 0.462 e. The van der Waals surface area contributed by atoms with Crippen molar-refractivity contribution in [3.8, 4) is 0 Å². The second-order valence-corrected chi connectivity index (χ2v) is 8.46. The van der Waals surface area contributed by atoms with E-state index in [-0.39, 0.29) is 5.97 Å². The van der Waals surface area contributed by atoms with Crippen LogP contribution in [0.3, 0.4) is 0 Å². The van der Waals surface area contributed by atoms with E-state index in [1.165, 1.54) is 77.0 Å². The van der Waals surface area contributed by atoms with Crippen molar-refractivity contribution >= 4 is 5.97 Å². The van der Waals surface area contributed by atoms with E-state index in [4.69, 9.17) is 4.74 Å². The first kappa shape index (κ1) is 25.2. The van der Waals surface area contributed by atoms with Gasteiger partial charge in [-0.2, -0.15) is 0 Å². The third kappa shape index (κ3) is 16.7. The van der Waals surface area contributed by atoms with E-state index >= 15 is 0 Å². The summed E-state index contributed by atoms with van der Waals surface area (Å²) in [6.45, 7) is 13.0. The SMILES string of the molecule is C=C(C)C(=O)OCCCCCCCC(C)CCC(C)CCCCCCC. The van der Waals surface area contributed by atoms with Gasteiger partial charge in [-0.15, -0.1) is 0 Å². The molecule has 0 spiro atoms. The molecule has 2 heteroatoms. The van der Waals surface area contributed by atoms with Crippen LogP contribution in [0.1, 0.15) is 118 Å². The van der Waals surface area contributed by atoms with Crippen molar-refractivity contribution in [2.45, 2.75) is 118 Å². The molecule has 0 radical (unpaired) electrons. The molecule has 0 aliphatic heterocycles. The lowest BCUT2D eigenvalue weighted by atomic mass is 9.91. The average molecular weight is 367 g/mol. The molecule has 2 nitrogen and oxygen atoms in total. The van der Waals surface area contributed by atoms with E-state index in [2.05, 4.69) is 27.4 Å². The smallest absolute Gasteiger partial charge is 0.333 e. The van der Waals surface area contributed by atoms with Crippen LogP contribution >= 0.6 is 0 Å². The maximum absolute atomic E-state index is 11.2. The van der Waals surface area contributed by atoms with Gasteiger partial charge in [-0.05, 0) is 25.2 Å². The first-order valence-electron chi connectivity index (χ1n) is 11.3. The zero-order valence-electron chi connectivity index (χ0n) is 18.3. The van der Waals surface area contributed by atoms with Gasteiger partial charge < -0.3 is 4.74 Å². The van der Waals surface area contributed by atoms with Crippen LogP contribution in [-0.4, -0.2) is 12.6 Å². The van der Waals surface area contributed by atoms with Crippen molar-refractivity contribution in [3.63, 3.8) is 0 Å². The Bertz CT molecular complexity index is 348. The Morgan fingerprint density at radius 2 is 1.23 bits per heavy atom. The molecule has 2 unspecified atom stereocenters. The summed E-state index contributed by atoms with van der Waals surface area (Å²) in [5, 5.41) is 0. The highest BCUT2D eigenvalue weighted by Crippen LogP contribution is 2.22. The summed E-state index contributed by atoms with van der Waals surface area (Å²) in [7, 11) is 0. The topological polar surface area (TPSA) is 26.3 Å². The summed E-state index contributed by atoms with van der Waals surface area (Å²) in [5.74, 6) is 1.52. The summed E-state index contributed by atoms with van der Waals surface area (Å²) >= 11 is 0. The molecule has 0 bridgehead atoms. The minimum absolute atomic E-state index is 0.256. The quantitative estimate of drug-likeness (QED) is 0.140. The van der Waals surface area contributed by atoms with E-state index < -0.39 is 0 Å². The van der Waals surface area contributed by atoms with Crippen LogP contribution in [-0.2, 0) is 9.53 Å². The Kier molecular flexibility index (Phi) is 17.1. The first-order valence-corrected chi connectivity index (χ1v) is 11.3. The molecule has 2 atom stereocenters. The normalized spacial score (nSPS) is 13.4. The number of ether oxygens (including phenoxy) is 1. The third-order valence-electron chi connectivity index (χ3n) is 5.38. The molecule has 0 heterocycles. The predicted octanol–water partition coefficient (Wildman–Crippen LogP) is 7.86. The molecule has 26 heavy (non-hydrogen) atoms. The molecule has 0 aromatic heterocycles. The number of esters is 1. The van der Waals surface area contributed by atoms with Crippen LogP contribution in [0.15, 0.2) is 12.2 Å². The standard InChI is InChI=1S/C24H46O2/c1-6-7-8-10-13-16-22(4)18-19-23(5)17-14-11-9-12-15-20-26-24(25)21(2)3/h22-23H,2,6-20H2,1,3-5H3. The first-order chi connectivity index (χ1) is 12.5. The number of hydrogen-bond donors (Lipinski definition) is 0. The molecule has 154 valence electrons. The van der Waals surface area contributed by atoms with E-state index in [0.29, 0.717) is 12.2 Å². The number of carbonyl (C=O) groups is 1. The highest BCUT2D eigenvalue weighted by Gasteiger charge is 2.07. The van der Waals surface area contributed by atoms with Gasteiger partial charge in [0.2, 0.25) is 0 Å². The monoisotopic (exact) mass is 366 g/mol. The van der Waals surface area contributed by atoms with Gasteiger partial charge in [0.15, 0.2) is 0 Å². The molecule has 0 saturated carbocycles. The Labute approximate surface area is 164 Å². The predicted molar refractivity (Wildman–Crippen MR) is 114 cm³/mol. The van der Waals surface area contributed by atoms with E-state index in [1.807, 2.05) is 0 Å². The minimum atomic E-state index is -0.256. The fourth-order valence-corrected chi connectivity index (χ4v) is 3.37. The van der Waals surface area contributed by atoms with E-state index in [9.17, 15) is 4.79 Å². The van der Waals surface area contributed by atoms with Gasteiger partial charge in [-0.25, -0.2) is 4.79 Å². The van der Waals surface area contributed by atoms with Crippen LogP contribution in [0.4, 0.5) is 0 Å². The zero-order chi connectivity index (χ0) is 19.6. The Morgan fingerprint density at radius 3 is 1.73 bits per heavy atom. The van der Waals surface area contributed by atoms with Crippen molar-refractivity contribution in [3.05, 3.63) is 12.2 Å². The van der Waals surface area contributed by atoms with Gasteiger partial charge in [0.25, 0.3) is 0 Å². The lowest BCUT2D eigenvalue weighted by molar-refractivity contribution is -0.139. The van der Waals surface area contributed by atoms with E-state index in [0.717, 1.165) is 24.7 Å². The maximum Gasteiger partial charge on any atom is 0.333 e. The van der Waals surface area contributed by atoms with Crippen molar-refractivity contribution in [2.24, 2.45) is 11.8 Å². The molecule has 0 aliphatic carbocycles. The molecule has 0 amide bonds. The van der Waals surface area contributed by atoms with Gasteiger partial charge in [0, 0.05) is 5.57 Å². The Balaban J connectivity index is 3.39. The lowest BCUT2D eigenvalue weighted by Gasteiger charge is -2.15. The Hall–Kier alpha value is -0.790. The average Bonchev–Trinajstić information content (AvgIpc) is 2.61. The van der Waals surface area contributed by atoms with Crippen molar-refractivity contribution in [2.75, 3.05) is 6.61 Å². The van der Waals surface area contributed by atoms with Gasteiger partial charge in [0.1, 0.15) is 0 Å². The Morgan fingerprint density at radius 1 is 0.769 bits per heavy atom. The summed E-state index contributed by atoms with van der Waals surface area (Å²) < 4.78 is 5.11. The summed E-state index contributed by atoms with van der Waals surface area (Å²) in [6.07, 6.45) is 18.7. The molecule has 0 fully saturated rings. The fraction of sp³-hybridized carbons (Fsp3) is 0.875. The highest BCUT2D eigenvalue weighted by molar-refractivity contribution is 5.86. The van der Waals surface area contributed by atoms with Gasteiger partial charge in [0.05, 0.1) is 6.61 Å². The maximum atomic E-state index is 11.2. The molecule has 0 rings (SSSR count). The summed E-state index contributed by atoms with van der Waals surface area (Å²) in [5.41, 5.74) is 0.491.